The van der Waals surface area contributed by atoms with E-state index >= 15 is 0 Å². The van der Waals surface area contributed by atoms with Gasteiger partial charge in [-0.1, -0.05) is 17.7 Å². The van der Waals surface area contributed by atoms with Gasteiger partial charge >= 0.3 is 0 Å². The van der Waals surface area contributed by atoms with E-state index in [1.165, 1.54) is 13.3 Å². The van der Waals surface area contributed by atoms with Crippen LogP contribution in [-0.4, -0.2) is 101 Å². The topological polar surface area (TPSA) is 124 Å². The Morgan fingerprint density at radius 3 is 2.36 bits per heavy atom. The molecule has 12 nitrogen and oxygen atoms in total. The summed E-state index contributed by atoms with van der Waals surface area (Å²) in [6, 6.07) is 9.88. The van der Waals surface area contributed by atoms with Gasteiger partial charge in [0.15, 0.2) is 5.82 Å². The Hall–Kier alpha value is -3.52. The summed E-state index contributed by atoms with van der Waals surface area (Å²) in [5, 5.41) is 6.67. The van der Waals surface area contributed by atoms with Crippen molar-refractivity contribution in [3.63, 3.8) is 0 Å². The molecule has 2 saturated heterocycles. The van der Waals surface area contributed by atoms with Gasteiger partial charge in [-0.05, 0) is 57.5 Å². The smallest absolute Gasteiger partial charge is 0.232 e. The highest BCUT2D eigenvalue weighted by Gasteiger charge is 2.28. The fourth-order valence-corrected chi connectivity index (χ4v) is 6.65. The zero-order valence-corrected chi connectivity index (χ0v) is 28.1. The molecule has 1 aromatic heterocycles. The molecule has 14 heteroatoms. The molecule has 244 valence electrons. The fourth-order valence-electron chi connectivity index (χ4n) is 5.84. The van der Waals surface area contributed by atoms with Gasteiger partial charge in [-0.3, -0.25) is 9.62 Å². The zero-order chi connectivity index (χ0) is 32.1. The van der Waals surface area contributed by atoms with E-state index in [0.717, 1.165) is 69.0 Å². The molecule has 0 unspecified atom stereocenters. The van der Waals surface area contributed by atoms with E-state index in [1.807, 2.05) is 6.07 Å². The number of halogens is 1. The standard InChI is InChI=1S/C31H43ClN8O4S/c1-6-45(41,42)37-29-24(8-7-9-27(29)43-4)34-30-23(32)20-33-31(36-30)35-25-18-21(2)26(19-28(25)44-5)40-12-10-22(11-13-40)39-16-14-38(3)15-17-39/h7-9,18-20,22,37H,6,10-17H2,1-5H3,(H2,33,34,35,36). The lowest BCUT2D eigenvalue weighted by Crippen LogP contribution is -2.52. The largest absolute Gasteiger partial charge is 0.494 e. The molecule has 3 aromatic rings. The number of benzene rings is 2. The van der Waals surface area contributed by atoms with Crippen molar-refractivity contribution in [2.75, 3.05) is 86.5 Å². The van der Waals surface area contributed by atoms with Crippen LogP contribution in [0.25, 0.3) is 0 Å². The molecule has 3 heterocycles. The number of ether oxygens (including phenoxy) is 2. The van der Waals surface area contributed by atoms with E-state index in [-0.39, 0.29) is 22.3 Å². The summed E-state index contributed by atoms with van der Waals surface area (Å²) >= 11 is 6.47. The Morgan fingerprint density at radius 2 is 1.69 bits per heavy atom. The van der Waals surface area contributed by atoms with Crippen molar-refractivity contribution in [3.05, 3.63) is 47.1 Å². The number of piperazine rings is 1. The number of likely N-dealkylation sites (N-methyl/N-ethyl adjacent to an activating group) is 1. The lowest BCUT2D eigenvalue weighted by atomic mass is 10.0. The summed E-state index contributed by atoms with van der Waals surface area (Å²) < 4.78 is 38.6. The van der Waals surface area contributed by atoms with Gasteiger partial charge in [-0.15, -0.1) is 0 Å². The number of aromatic nitrogens is 2. The first kappa shape index (κ1) is 32.9. The van der Waals surface area contributed by atoms with E-state index in [4.69, 9.17) is 21.1 Å². The van der Waals surface area contributed by atoms with Crippen LogP contribution in [0.2, 0.25) is 5.02 Å². The van der Waals surface area contributed by atoms with Gasteiger partial charge in [-0.2, -0.15) is 4.98 Å². The number of nitrogens with zero attached hydrogens (tertiary/aromatic N) is 5. The molecule has 0 radical (unpaired) electrons. The summed E-state index contributed by atoms with van der Waals surface area (Å²) in [5.41, 5.74) is 3.68. The van der Waals surface area contributed by atoms with E-state index in [2.05, 4.69) is 60.1 Å². The van der Waals surface area contributed by atoms with Crippen LogP contribution in [-0.2, 0) is 10.0 Å². The second-order valence-electron chi connectivity index (χ2n) is 11.4. The third-order valence-electron chi connectivity index (χ3n) is 8.50. The van der Waals surface area contributed by atoms with Crippen molar-refractivity contribution in [1.29, 1.82) is 0 Å². The van der Waals surface area contributed by atoms with Crippen molar-refractivity contribution >= 4 is 56.1 Å². The number of piperidine rings is 1. The maximum Gasteiger partial charge on any atom is 0.232 e. The maximum atomic E-state index is 12.4. The molecule has 2 aliphatic heterocycles. The summed E-state index contributed by atoms with van der Waals surface area (Å²) in [5.74, 6) is 1.51. The highest BCUT2D eigenvalue weighted by atomic mass is 35.5. The van der Waals surface area contributed by atoms with E-state index < -0.39 is 10.0 Å². The third kappa shape index (κ3) is 7.83. The molecule has 5 rings (SSSR count). The Morgan fingerprint density at radius 1 is 0.978 bits per heavy atom. The lowest BCUT2D eigenvalue weighted by Gasteiger charge is -2.43. The quantitative estimate of drug-likeness (QED) is 0.260. The lowest BCUT2D eigenvalue weighted by molar-refractivity contribution is 0.0982. The molecule has 0 saturated carbocycles. The maximum absolute atomic E-state index is 12.4. The third-order valence-corrected chi connectivity index (χ3v) is 10.1. The Balaban J connectivity index is 1.32. The number of aryl methyl sites for hydroxylation is 1. The van der Waals surface area contributed by atoms with Crippen molar-refractivity contribution in [3.8, 4) is 11.5 Å². The van der Waals surface area contributed by atoms with Crippen LogP contribution in [0.1, 0.15) is 25.3 Å². The number of methoxy groups -OCH3 is 2. The molecule has 2 aromatic carbocycles. The first-order chi connectivity index (χ1) is 21.6. The molecule has 3 N–H and O–H groups in total. The van der Waals surface area contributed by atoms with Gasteiger partial charge < -0.3 is 29.9 Å². The number of anilines is 6. The molecule has 0 aliphatic carbocycles. The zero-order valence-electron chi connectivity index (χ0n) is 26.6. The Kier molecular flexibility index (Phi) is 10.4. The van der Waals surface area contributed by atoms with Crippen molar-refractivity contribution in [2.24, 2.45) is 0 Å². The van der Waals surface area contributed by atoms with Crippen molar-refractivity contribution < 1.29 is 17.9 Å². The van der Waals surface area contributed by atoms with Crippen LogP contribution < -0.4 is 29.7 Å². The summed E-state index contributed by atoms with van der Waals surface area (Å²) in [6.07, 6.45) is 3.77. The van der Waals surface area contributed by atoms with Crippen LogP contribution in [0.5, 0.6) is 11.5 Å². The predicted octanol–water partition coefficient (Wildman–Crippen LogP) is 4.92. The molecular formula is C31H43ClN8O4S. The summed E-state index contributed by atoms with van der Waals surface area (Å²) in [7, 11) is 1.74. The number of hydrogen-bond donors (Lipinski definition) is 3. The van der Waals surface area contributed by atoms with Gasteiger partial charge in [0.05, 0.1) is 37.5 Å². The average Bonchev–Trinajstić information content (AvgIpc) is 3.04. The van der Waals surface area contributed by atoms with Crippen LogP contribution in [0, 0.1) is 6.92 Å². The normalized spacial score (nSPS) is 16.8. The van der Waals surface area contributed by atoms with E-state index in [0.29, 0.717) is 29.2 Å². The summed E-state index contributed by atoms with van der Waals surface area (Å²) in [4.78, 5) is 16.5. The fraction of sp³-hybridized carbons (Fsp3) is 0.484. The molecular weight excluding hydrogens is 616 g/mol. The first-order valence-electron chi connectivity index (χ1n) is 15.2. The molecule has 0 spiro atoms. The minimum atomic E-state index is -3.58. The molecule has 2 fully saturated rings. The monoisotopic (exact) mass is 658 g/mol. The number of hydrogen-bond acceptors (Lipinski definition) is 11. The minimum absolute atomic E-state index is 0.0955. The predicted molar refractivity (Wildman–Crippen MR) is 182 cm³/mol. The SMILES string of the molecule is CCS(=O)(=O)Nc1c(Nc2nc(Nc3cc(C)c(N4CCC(N5CCN(C)CC5)CC4)cc3OC)ncc2Cl)cccc1OC. The van der Waals surface area contributed by atoms with Crippen LogP contribution in [0.4, 0.5) is 34.5 Å². The molecule has 0 amide bonds. The highest BCUT2D eigenvalue weighted by molar-refractivity contribution is 7.92. The molecule has 0 atom stereocenters. The van der Waals surface area contributed by atoms with E-state index in [1.54, 1.807) is 32.2 Å². The second-order valence-corrected chi connectivity index (χ2v) is 13.8. The molecule has 45 heavy (non-hydrogen) atoms. The molecule has 0 bridgehead atoms. The van der Waals surface area contributed by atoms with Crippen molar-refractivity contribution in [1.82, 2.24) is 19.8 Å². The Labute approximate surface area is 271 Å². The van der Waals surface area contributed by atoms with Crippen LogP contribution >= 0.6 is 11.6 Å². The van der Waals surface area contributed by atoms with Gasteiger partial charge in [0, 0.05) is 57.1 Å². The minimum Gasteiger partial charge on any atom is -0.494 e. The first-order valence-corrected chi connectivity index (χ1v) is 17.2. The average molecular weight is 659 g/mol. The van der Waals surface area contributed by atoms with Gasteiger partial charge in [-0.25, -0.2) is 13.4 Å². The number of rotatable bonds is 11. The number of para-hydroxylation sites is 1. The highest BCUT2D eigenvalue weighted by Crippen LogP contribution is 2.38. The van der Waals surface area contributed by atoms with Crippen LogP contribution in [0.15, 0.2) is 36.5 Å². The van der Waals surface area contributed by atoms with Crippen molar-refractivity contribution in [2.45, 2.75) is 32.7 Å². The van der Waals surface area contributed by atoms with Gasteiger partial charge in [0.1, 0.15) is 22.2 Å². The second kappa shape index (κ2) is 14.3. The summed E-state index contributed by atoms with van der Waals surface area (Å²) in [6.45, 7) is 10.2. The molecule has 2 aliphatic rings. The van der Waals surface area contributed by atoms with Gasteiger partial charge in [0.2, 0.25) is 16.0 Å². The Bertz CT molecular complexity index is 1590. The van der Waals surface area contributed by atoms with E-state index in [9.17, 15) is 8.42 Å². The number of nitrogens with one attached hydrogen (secondary N) is 3. The van der Waals surface area contributed by atoms with Crippen LogP contribution in [0.3, 0.4) is 0 Å². The number of sulfonamides is 1. The van der Waals surface area contributed by atoms with Gasteiger partial charge in [0.25, 0.3) is 0 Å².